The zero-order valence-corrected chi connectivity index (χ0v) is 10.6. The average molecular weight is 248 g/mol. The summed E-state index contributed by atoms with van der Waals surface area (Å²) in [6, 6.07) is 9.56. The van der Waals surface area contributed by atoms with Crippen molar-refractivity contribution in [2.45, 2.75) is 0 Å². The Kier molecular flexibility index (Phi) is 3.20. The number of anilines is 2. The van der Waals surface area contributed by atoms with Crippen molar-refractivity contribution in [3.05, 3.63) is 41.6 Å². The summed E-state index contributed by atoms with van der Waals surface area (Å²) in [5.74, 6) is 0. The van der Waals surface area contributed by atoms with Crippen LogP contribution >= 0.6 is 11.6 Å². The molecular formula is C13H14ClN3. The zero-order chi connectivity index (χ0) is 12.4. The molecule has 17 heavy (non-hydrogen) atoms. The molecule has 1 heterocycles. The molecular weight excluding hydrogens is 234 g/mol. The highest BCUT2D eigenvalue weighted by Gasteiger charge is 2.06. The van der Waals surface area contributed by atoms with E-state index in [1.165, 1.54) is 0 Å². The molecule has 2 N–H and O–H groups in total. The van der Waals surface area contributed by atoms with Gasteiger partial charge in [-0.05, 0) is 18.2 Å². The molecule has 0 bridgehead atoms. The summed E-state index contributed by atoms with van der Waals surface area (Å²) in [7, 11) is 3.91. The third kappa shape index (κ3) is 2.50. The first-order chi connectivity index (χ1) is 8.08. The standard InChI is InChI=1S/C13H14ClN3/c1-17(2)13-7-12(16-8-11(13)15)9-3-5-10(14)6-4-9/h3-8H,15H2,1-2H3. The lowest BCUT2D eigenvalue weighted by molar-refractivity contribution is 1.12. The van der Waals surface area contributed by atoms with Crippen LogP contribution in [0.4, 0.5) is 11.4 Å². The van der Waals surface area contributed by atoms with Gasteiger partial charge in [0.15, 0.2) is 0 Å². The predicted molar refractivity (Wildman–Crippen MR) is 73.4 cm³/mol. The van der Waals surface area contributed by atoms with Crippen molar-refractivity contribution in [1.29, 1.82) is 0 Å². The number of aromatic nitrogens is 1. The maximum atomic E-state index is 5.87. The molecule has 1 aromatic carbocycles. The second-order valence-corrected chi connectivity index (χ2v) is 4.47. The van der Waals surface area contributed by atoms with E-state index in [2.05, 4.69) is 4.98 Å². The van der Waals surface area contributed by atoms with Crippen LogP contribution in [0.25, 0.3) is 11.3 Å². The van der Waals surface area contributed by atoms with Crippen LogP contribution in [0.15, 0.2) is 36.5 Å². The van der Waals surface area contributed by atoms with Crippen molar-refractivity contribution in [1.82, 2.24) is 4.98 Å². The SMILES string of the molecule is CN(C)c1cc(-c2ccc(Cl)cc2)ncc1N. The minimum Gasteiger partial charge on any atom is -0.396 e. The molecule has 0 aliphatic carbocycles. The normalized spacial score (nSPS) is 10.3. The van der Waals surface area contributed by atoms with E-state index < -0.39 is 0 Å². The van der Waals surface area contributed by atoms with E-state index in [4.69, 9.17) is 17.3 Å². The van der Waals surface area contributed by atoms with E-state index in [9.17, 15) is 0 Å². The van der Waals surface area contributed by atoms with Gasteiger partial charge in [0.1, 0.15) is 0 Å². The highest BCUT2D eigenvalue weighted by atomic mass is 35.5. The average Bonchev–Trinajstić information content (AvgIpc) is 2.30. The van der Waals surface area contributed by atoms with Gasteiger partial charge in [0.2, 0.25) is 0 Å². The Morgan fingerprint density at radius 1 is 1.18 bits per heavy atom. The van der Waals surface area contributed by atoms with Gasteiger partial charge < -0.3 is 10.6 Å². The van der Waals surface area contributed by atoms with E-state index in [1.54, 1.807) is 6.20 Å². The van der Waals surface area contributed by atoms with Crippen LogP contribution in [-0.4, -0.2) is 19.1 Å². The number of benzene rings is 1. The number of nitrogens with zero attached hydrogens (tertiary/aromatic N) is 2. The fourth-order valence-corrected chi connectivity index (χ4v) is 1.75. The second-order valence-electron chi connectivity index (χ2n) is 4.03. The van der Waals surface area contributed by atoms with Crippen LogP contribution in [0.3, 0.4) is 0 Å². The van der Waals surface area contributed by atoms with Gasteiger partial charge >= 0.3 is 0 Å². The number of nitrogens with two attached hydrogens (primary N) is 1. The molecule has 0 aliphatic rings. The van der Waals surface area contributed by atoms with Gasteiger partial charge in [-0.1, -0.05) is 23.7 Å². The molecule has 0 fully saturated rings. The van der Waals surface area contributed by atoms with Gasteiger partial charge in [-0.3, -0.25) is 4.98 Å². The highest BCUT2D eigenvalue weighted by Crippen LogP contribution is 2.27. The molecule has 2 rings (SSSR count). The summed E-state index contributed by atoms with van der Waals surface area (Å²) >= 11 is 5.86. The van der Waals surface area contributed by atoms with Crippen LogP contribution in [-0.2, 0) is 0 Å². The number of rotatable bonds is 2. The quantitative estimate of drug-likeness (QED) is 0.887. The van der Waals surface area contributed by atoms with Crippen LogP contribution in [0.2, 0.25) is 5.02 Å². The fourth-order valence-electron chi connectivity index (χ4n) is 1.62. The second kappa shape index (κ2) is 4.63. The largest absolute Gasteiger partial charge is 0.396 e. The van der Waals surface area contributed by atoms with Crippen molar-refractivity contribution in [2.75, 3.05) is 24.7 Å². The molecule has 0 saturated carbocycles. The maximum Gasteiger partial charge on any atom is 0.0738 e. The molecule has 0 unspecified atom stereocenters. The summed E-state index contributed by atoms with van der Waals surface area (Å²) in [5.41, 5.74) is 9.42. The van der Waals surface area contributed by atoms with Gasteiger partial charge in [0.25, 0.3) is 0 Å². The number of pyridine rings is 1. The van der Waals surface area contributed by atoms with Crippen molar-refractivity contribution in [2.24, 2.45) is 0 Å². The lowest BCUT2D eigenvalue weighted by Crippen LogP contribution is -2.11. The van der Waals surface area contributed by atoms with E-state index in [1.807, 2.05) is 49.3 Å². The van der Waals surface area contributed by atoms with Crippen molar-refractivity contribution < 1.29 is 0 Å². The summed E-state index contributed by atoms with van der Waals surface area (Å²) in [6.07, 6.45) is 1.68. The predicted octanol–water partition coefficient (Wildman–Crippen LogP) is 3.05. The number of hydrogen-bond donors (Lipinski definition) is 1. The molecule has 0 aliphatic heterocycles. The number of hydrogen-bond acceptors (Lipinski definition) is 3. The van der Waals surface area contributed by atoms with Gasteiger partial charge in [-0.2, -0.15) is 0 Å². The maximum absolute atomic E-state index is 5.87. The van der Waals surface area contributed by atoms with Gasteiger partial charge in [0.05, 0.1) is 23.3 Å². The Balaban J connectivity index is 2.46. The Morgan fingerprint density at radius 2 is 1.82 bits per heavy atom. The molecule has 1 aromatic heterocycles. The first-order valence-electron chi connectivity index (χ1n) is 5.26. The Hall–Kier alpha value is -1.74. The molecule has 88 valence electrons. The van der Waals surface area contributed by atoms with E-state index >= 15 is 0 Å². The molecule has 0 atom stereocenters. The summed E-state index contributed by atoms with van der Waals surface area (Å²) in [5, 5.41) is 0.719. The van der Waals surface area contributed by atoms with Gasteiger partial charge in [-0.15, -0.1) is 0 Å². The van der Waals surface area contributed by atoms with Crippen molar-refractivity contribution in [3.63, 3.8) is 0 Å². The van der Waals surface area contributed by atoms with Crippen molar-refractivity contribution >= 4 is 23.0 Å². The van der Waals surface area contributed by atoms with Crippen LogP contribution in [0.1, 0.15) is 0 Å². The van der Waals surface area contributed by atoms with Crippen molar-refractivity contribution in [3.8, 4) is 11.3 Å². The Bertz CT molecular complexity index is 521. The monoisotopic (exact) mass is 247 g/mol. The molecule has 0 saturated heterocycles. The van der Waals surface area contributed by atoms with Crippen LogP contribution in [0.5, 0.6) is 0 Å². The van der Waals surface area contributed by atoms with E-state index in [-0.39, 0.29) is 0 Å². The van der Waals surface area contributed by atoms with E-state index in [0.29, 0.717) is 5.69 Å². The summed E-state index contributed by atoms with van der Waals surface area (Å²) < 4.78 is 0. The minimum absolute atomic E-state index is 0.674. The minimum atomic E-state index is 0.674. The molecule has 4 heteroatoms. The molecule has 3 nitrogen and oxygen atoms in total. The topological polar surface area (TPSA) is 42.2 Å². The Morgan fingerprint density at radius 3 is 2.41 bits per heavy atom. The third-order valence-electron chi connectivity index (χ3n) is 2.53. The smallest absolute Gasteiger partial charge is 0.0738 e. The fraction of sp³-hybridized carbons (Fsp3) is 0.154. The van der Waals surface area contributed by atoms with Gasteiger partial charge in [-0.25, -0.2) is 0 Å². The van der Waals surface area contributed by atoms with Gasteiger partial charge in [0, 0.05) is 24.7 Å². The summed E-state index contributed by atoms with van der Waals surface area (Å²) in [6.45, 7) is 0. The van der Waals surface area contributed by atoms with Crippen LogP contribution < -0.4 is 10.6 Å². The third-order valence-corrected chi connectivity index (χ3v) is 2.79. The molecule has 0 radical (unpaired) electrons. The first-order valence-corrected chi connectivity index (χ1v) is 5.64. The Labute approximate surface area is 106 Å². The lowest BCUT2D eigenvalue weighted by Gasteiger charge is -2.15. The summed E-state index contributed by atoms with van der Waals surface area (Å²) in [4.78, 5) is 6.30. The van der Waals surface area contributed by atoms with Crippen LogP contribution in [0, 0.1) is 0 Å². The molecule has 0 spiro atoms. The lowest BCUT2D eigenvalue weighted by atomic mass is 10.1. The highest BCUT2D eigenvalue weighted by molar-refractivity contribution is 6.30. The first kappa shape index (κ1) is 11.7. The number of halogens is 1. The van der Waals surface area contributed by atoms with E-state index in [0.717, 1.165) is 22.0 Å². The zero-order valence-electron chi connectivity index (χ0n) is 9.81. The number of nitrogen functional groups attached to an aromatic ring is 1. The molecule has 2 aromatic rings. The molecule has 0 amide bonds.